The third-order valence-electron chi connectivity index (χ3n) is 9.00. The van der Waals surface area contributed by atoms with Crippen LogP contribution in [0.2, 0.25) is 19.6 Å². The molecule has 0 bridgehead atoms. The van der Waals surface area contributed by atoms with Crippen LogP contribution in [0.3, 0.4) is 0 Å². The number of carbonyl (C=O) groups is 2. The van der Waals surface area contributed by atoms with E-state index in [2.05, 4.69) is 33.5 Å². The number of hydrogen-bond acceptors (Lipinski definition) is 3. The van der Waals surface area contributed by atoms with Gasteiger partial charge in [-0.15, -0.1) is 0 Å². The lowest BCUT2D eigenvalue weighted by Gasteiger charge is -2.58. The zero-order valence-corrected chi connectivity index (χ0v) is 19.5. The molecule has 0 aromatic carbocycles. The van der Waals surface area contributed by atoms with Crippen molar-refractivity contribution in [2.24, 2.45) is 34.5 Å². The summed E-state index contributed by atoms with van der Waals surface area (Å²) in [6.07, 6.45) is 10.7. The standard InChI is InChI=1S/C24H38O3Si/c1-23-12-10-17(25)14-16(23)6-7-18-19-8-9-21(22(26)15-27-28(3,4)5)24(19,2)13-11-20(18)23/h14,18-21H,6-13,15H2,1-5H3. The Hall–Kier alpha value is -0.743. The molecular formula is C24H38O3Si. The number of rotatable bonds is 4. The van der Waals surface area contributed by atoms with E-state index >= 15 is 0 Å². The molecule has 0 radical (unpaired) electrons. The predicted octanol–water partition coefficient (Wildman–Crippen LogP) is 5.56. The number of ketones is 2. The van der Waals surface area contributed by atoms with Gasteiger partial charge in [0.05, 0.1) is 6.61 Å². The third-order valence-corrected chi connectivity index (χ3v) is 10.0. The summed E-state index contributed by atoms with van der Waals surface area (Å²) >= 11 is 0. The second-order valence-corrected chi connectivity index (χ2v) is 16.0. The molecule has 4 aliphatic carbocycles. The van der Waals surface area contributed by atoms with E-state index < -0.39 is 8.32 Å². The molecular weight excluding hydrogens is 364 g/mol. The highest BCUT2D eigenvalue weighted by Gasteiger charge is 2.60. The van der Waals surface area contributed by atoms with Crippen LogP contribution in [-0.2, 0) is 14.0 Å². The Kier molecular flexibility index (Phi) is 5.06. The molecule has 4 heteroatoms. The van der Waals surface area contributed by atoms with Crippen LogP contribution in [-0.4, -0.2) is 26.5 Å². The molecule has 3 fully saturated rings. The fraction of sp³-hybridized carbons (Fsp3) is 0.833. The maximum atomic E-state index is 13.1. The van der Waals surface area contributed by atoms with Crippen molar-refractivity contribution in [2.45, 2.75) is 84.9 Å². The molecule has 0 aliphatic heterocycles. The molecule has 28 heavy (non-hydrogen) atoms. The van der Waals surface area contributed by atoms with Gasteiger partial charge in [0.1, 0.15) is 0 Å². The SMILES string of the molecule is CC12CCC(=O)C=C1CCC1C2CCC2(C)C(C(=O)CO[Si](C)(C)C)CCC12. The first-order chi connectivity index (χ1) is 13.0. The third kappa shape index (κ3) is 3.29. The van der Waals surface area contributed by atoms with E-state index in [0.717, 1.165) is 31.6 Å². The second kappa shape index (κ2) is 6.90. The molecule has 0 aromatic heterocycles. The molecule has 0 amide bonds. The molecule has 156 valence electrons. The fourth-order valence-electron chi connectivity index (χ4n) is 7.48. The summed E-state index contributed by atoms with van der Waals surface area (Å²) < 4.78 is 5.98. The topological polar surface area (TPSA) is 43.4 Å². The van der Waals surface area contributed by atoms with E-state index in [9.17, 15) is 9.59 Å². The lowest BCUT2D eigenvalue weighted by atomic mass is 9.46. The van der Waals surface area contributed by atoms with E-state index in [1.54, 1.807) is 0 Å². The summed E-state index contributed by atoms with van der Waals surface area (Å²) in [5, 5.41) is 0. The lowest BCUT2D eigenvalue weighted by Crippen LogP contribution is -2.51. The second-order valence-electron chi connectivity index (χ2n) is 11.5. The summed E-state index contributed by atoms with van der Waals surface area (Å²) in [4.78, 5) is 25.1. The largest absolute Gasteiger partial charge is 0.410 e. The first-order valence-electron chi connectivity index (χ1n) is 11.5. The van der Waals surface area contributed by atoms with Gasteiger partial charge in [-0.25, -0.2) is 0 Å². The predicted molar refractivity (Wildman–Crippen MR) is 115 cm³/mol. The Morgan fingerprint density at radius 1 is 1.07 bits per heavy atom. The molecule has 6 atom stereocenters. The summed E-state index contributed by atoms with van der Waals surface area (Å²) in [7, 11) is -1.66. The molecule has 0 N–H and O–H groups in total. The maximum absolute atomic E-state index is 13.1. The van der Waals surface area contributed by atoms with Crippen LogP contribution in [0.15, 0.2) is 11.6 Å². The number of Topliss-reactive ketones (excluding diaryl/α,β-unsaturated/α-hetero) is 1. The minimum Gasteiger partial charge on any atom is -0.410 e. The van der Waals surface area contributed by atoms with Crippen LogP contribution >= 0.6 is 0 Å². The molecule has 0 saturated heterocycles. The van der Waals surface area contributed by atoms with E-state index in [-0.39, 0.29) is 16.7 Å². The number of allylic oxidation sites excluding steroid dienone is 1. The fourth-order valence-corrected chi connectivity index (χ4v) is 8.05. The van der Waals surface area contributed by atoms with Gasteiger partial charge in [-0.1, -0.05) is 19.4 Å². The van der Waals surface area contributed by atoms with Crippen LogP contribution in [0.5, 0.6) is 0 Å². The van der Waals surface area contributed by atoms with Crippen LogP contribution in [0.4, 0.5) is 0 Å². The molecule has 3 nitrogen and oxygen atoms in total. The highest BCUT2D eigenvalue weighted by Crippen LogP contribution is 2.66. The van der Waals surface area contributed by atoms with Crippen LogP contribution in [0, 0.1) is 34.5 Å². The highest BCUT2D eigenvalue weighted by molar-refractivity contribution is 6.69. The van der Waals surface area contributed by atoms with Crippen molar-refractivity contribution >= 4 is 19.9 Å². The van der Waals surface area contributed by atoms with Crippen molar-refractivity contribution < 1.29 is 14.0 Å². The van der Waals surface area contributed by atoms with Crippen molar-refractivity contribution in [2.75, 3.05) is 6.61 Å². The summed E-state index contributed by atoms with van der Waals surface area (Å²) in [6.45, 7) is 11.7. The van der Waals surface area contributed by atoms with Gasteiger partial charge >= 0.3 is 0 Å². The van der Waals surface area contributed by atoms with Gasteiger partial charge in [0.2, 0.25) is 0 Å². The Labute approximate surface area is 171 Å². The summed E-state index contributed by atoms with van der Waals surface area (Å²) in [6, 6.07) is 0. The Balaban J connectivity index is 1.53. The van der Waals surface area contributed by atoms with Gasteiger partial charge in [-0.2, -0.15) is 0 Å². The minimum atomic E-state index is -1.66. The van der Waals surface area contributed by atoms with Crippen LogP contribution < -0.4 is 0 Å². The van der Waals surface area contributed by atoms with Gasteiger partial charge in [-0.05, 0) is 99.2 Å². The molecule has 4 rings (SSSR count). The summed E-state index contributed by atoms with van der Waals surface area (Å²) in [5.74, 6) is 2.98. The molecule has 4 aliphatic rings. The van der Waals surface area contributed by atoms with Crippen molar-refractivity contribution in [1.82, 2.24) is 0 Å². The van der Waals surface area contributed by atoms with E-state index in [1.807, 2.05) is 6.08 Å². The number of carbonyl (C=O) groups excluding carboxylic acids is 2. The van der Waals surface area contributed by atoms with Gasteiger partial charge in [0, 0.05) is 12.3 Å². The monoisotopic (exact) mass is 402 g/mol. The Morgan fingerprint density at radius 2 is 1.82 bits per heavy atom. The van der Waals surface area contributed by atoms with Gasteiger partial charge in [-0.3, -0.25) is 9.59 Å². The average Bonchev–Trinajstić information content (AvgIpc) is 2.97. The first kappa shape index (κ1) is 20.5. The molecule has 6 unspecified atom stereocenters. The molecule has 0 heterocycles. The zero-order valence-electron chi connectivity index (χ0n) is 18.5. The van der Waals surface area contributed by atoms with E-state index in [0.29, 0.717) is 30.0 Å². The number of hydrogen-bond donors (Lipinski definition) is 0. The van der Waals surface area contributed by atoms with Crippen molar-refractivity contribution in [3.05, 3.63) is 11.6 Å². The molecule has 0 spiro atoms. The average molecular weight is 403 g/mol. The van der Waals surface area contributed by atoms with E-state index in [4.69, 9.17) is 4.43 Å². The summed E-state index contributed by atoms with van der Waals surface area (Å²) in [5.41, 5.74) is 1.81. The van der Waals surface area contributed by atoms with Crippen LogP contribution in [0.25, 0.3) is 0 Å². The smallest absolute Gasteiger partial charge is 0.184 e. The quantitative estimate of drug-likeness (QED) is 0.579. The van der Waals surface area contributed by atoms with E-state index in [1.165, 1.54) is 31.3 Å². The normalized spacial score (nSPS) is 43.0. The lowest BCUT2D eigenvalue weighted by molar-refractivity contribution is -0.132. The van der Waals surface area contributed by atoms with Gasteiger partial charge in [0.15, 0.2) is 19.9 Å². The Bertz CT molecular complexity index is 705. The zero-order chi connectivity index (χ0) is 20.3. The first-order valence-corrected chi connectivity index (χ1v) is 14.9. The van der Waals surface area contributed by atoms with Crippen molar-refractivity contribution in [1.29, 1.82) is 0 Å². The minimum absolute atomic E-state index is 0.156. The highest BCUT2D eigenvalue weighted by atomic mass is 28.4. The molecule has 0 aromatic rings. The molecule has 3 saturated carbocycles. The number of fused-ring (bicyclic) bond motifs is 5. The Morgan fingerprint density at radius 3 is 2.54 bits per heavy atom. The van der Waals surface area contributed by atoms with Crippen molar-refractivity contribution in [3.8, 4) is 0 Å². The maximum Gasteiger partial charge on any atom is 0.184 e. The van der Waals surface area contributed by atoms with Gasteiger partial charge in [0.25, 0.3) is 0 Å². The van der Waals surface area contributed by atoms with Gasteiger partial charge < -0.3 is 4.43 Å². The van der Waals surface area contributed by atoms with Crippen molar-refractivity contribution in [3.63, 3.8) is 0 Å². The van der Waals surface area contributed by atoms with Crippen LogP contribution in [0.1, 0.15) is 65.2 Å².